The van der Waals surface area contributed by atoms with Crippen LogP contribution in [0, 0.1) is 12.8 Å². The number of piperidine rings is 1. The van der Waals surface area contributed by atoms with Gasteiger partial charge in [0.05, 0.1) is 5.69 Å². The second-order valence-electron chi connectivity index (χ2n) is 8.27. The fourth-order valence-electron chi connectivity index (χ4n) is 4.64. The monoisotopic (exact) mass is 366 g/mol. The Hall–Kier alpha value is -2.30. The topological polar surface area (TPSA) is 50.2 Å². The molecule has 1 aliphatic carbocycles. The van der Waals surface area contributed by atoms with Crippen molar-refractivity contribution in [3.05, 3.63) is 47.7 Å². The summed E-state index contributed by atoms with van der Waals surface area (Å²) in [6.45, 7) is 3.93. The third kappa shape index (κ3) is 4.18. The summed E-state index contributed by atoms with van der Waals surface area (Å²) in [7, 11) is 1.99. The maximum Gasteiger partial charge on any atom is 0.220 e. The molecule has 1 N–H and O–H groups in total. The highest BCUT2D eigenvalue weighted by atomic mass is 16.1. The largest absolute Gasteiger partial charge is 0.355 e. The van der Waals surface area contributed by atoms with Crippen molar-refractivity contribution in [1.82, 2.24) is 15.1 Å². The number of benzene rings is 1. The summed E-state index contributed by atoms with van der Waals surface area (Å²) < 4.78 is 1.94. The number of amides is 1. The summed E-state index contributed by atoms with van der Waals surface area (Å²) in [6.07, 6.45) is 5.13. The van der Waals surface area contributed by atoms with Gasteiger partial charge in [-0.25, -0.2) is 0 Å². The molecular formula is C22H30N4O. The first-order chi connectivity index (χ1) is 13.1. The van der Waals surface area contributed by atoms with Crippen LogP contribution in [0.1, 0.15) is 49.3 Å². The summed E-state index contributed by atoms with van der Waals surface area (Å²) in [4.78, 5) is 14.9. The molecule has 1 aliphatic heterocycles. The van der Waals surface area contributed by atoms with Crippen LogP contribution < -0.4 is 10.2 Å². The lowest BCUT2D eigenvalue weighted by Crippen LogP contribution is -2.48. The van der Waals surface area contributed by atoms with Crippen LogP contribution in [0.3, 0.4) is 0 Å². The van der Waals surface area contributed by atoms with Crippen LogP contribution in [-0.4, -0.2) is 34.8 Å². The highest BCUT2D eigenvalue weighted by molar-refractivity contribution is 5.76. The van der Waals surface area contributed by atoms with Gasteiger partial charge in [-0.3, -0.25) is 9.48 Å². The molecule has 2 aliphatic rings. The van der Waals surface area contributed by atoms with E-state index in [4.69, 9.17) is 0 Å². The van der Waals surface area contributed by atoms with Crippen LogP contribution in [0.4, 0.5) is 5.82 Å². The molecule has 2 heterocycles. The molecule has 1 amide bonds. The van der Waals surface area contributed by atoms with Gasteiger partial charge in [0.15, 0.2) is 0 Å². The first-order valence-corrected chi connectivity index (χ1v) is 10.2. The minimum absolute atomic E-state index is 0.222. The lowest BCUT2D eigenvalue weighted by atomic mass is 9.70. The maximum atomic E-state index is 12.5. The third-order valence-corrected chi connectivity index (χ3v) is 6.07. The van der Waals surface area contributed by atoms with Crippen molar-refractivity contribution in [3.63, 3.8) is 0 Å². The number of hydrogen-bond acceptors (Lipinski definition) is 3. The molecule has 1 atom stereocenters. The van der Waals surface area contributed by atoms with Gasteiger partial charge in [-0.2, -0.15) is 5.10 Å². The summed E-state index contributed by atoms with van der Waals surface area (Å²) in [6, 6.07) is 13.1. The molecule has 1 unspecified atom stereocenters. The Morgan fingerprint density at radius 3 is 2.74 bits per heavy atom. The number of aryl methyl sites for hydroxylation is 2. The molecule has 5 nitrogen and oxygen atoms in total. The average molecular weight is 367 g/mol. The van der Waals surface area contributed by atoms with Gasteiger partial charge in [0, 0.05) is 38.7 Å². The SMILES string of the molecule is Cc1cc(N2CCCC(NC(=O)CC3CC(c4ccccc4)C3)C2)n(C)n1. The lowest BCUT2D eigenvalue weighted by molar-refractivity contribution is -0.123. The van der Waals surface area contributed by atoms with Gasteiger partial charge < -0.3 is 10.2 Å². The van der Waals surface area contributed by atoms with Crippen molar-refractivity contribution in [1.29, 1.82) is 0 Å². The van der Waals surface area contributed by atoms with Crippen LogP contribution in [0.5, 0.6) is 0 Å². The van der Waals surface area contributed by atoms with Gasteiger partial charge in [0.2, 0.25) is 5.91 Å². The van der Waals surface area contributed by atoms with Gasteiger partial charge >= 0.3 is 0 Å². The second kappa shape index (κ2) is 7.75. The molecule has 0 spiro atoms. The summed E-state index contributed by atoms with van der Waals surface area (Å²) >= 11 is 0. The fraction of sp³-hybridized carbons (Fsp3) is 0.545. The Balaban J connectivity index is 1.24. The zero-order chi connectivity index (χ0) is 18.8. The van der Waals surface area contributed by atoms with Crippen molar-refractivity contribution >= 4 is 11.7 Å². The van der Waals surface area contributed by atoms with E-state index < -0.39 is 0 Å². The highest BCUT2D eigenvalue weighted by Gasteiger charge is 2.32. The molecule has 144 valence electrons. The van der Waals surface area contributed by atoms with Crippen LogP contribution >= 0.6 is 0 Å². The van der Waals surface area contributed by atoms with E-state index in [1.807, 2.05) is 18.7 Å². The Labute approximate surface area is 161 Å². The fourth-order valence-corrected chi connectivity index (χ4v) is 4.64. The number of hydrogen-bond donors (Lipinski definition) is 1. The molecule has 1 aromatic carbocycles. The van der Waals surface area contributed by atoms with Gasteiger partial charge in [0.1, 0.15) is 5.82 Å². The van der Waals surface area contributed by atoms with Crippen LogP contribution in [0.15, 0.2) is 36.4 Å². The number of nitrogens with one attached hydrogen (secondary N) is 1. The van der Waals surface area contributed by atoms with E-state index in [0.29, 0.717) is 18.3 Å². The number of nitrogens with zero attached hydrogens (tertiary/aromatic N) is 3. The smallest absolute Gasteiger partial charge is 0.220 e. The van der Waals surface area contributed by atoms with E-state index in [1.54, 1.807) is 0 Å². The number of aromatic nitrogens is 2. The summed E-state index contributed by atoms with van der Waals surface area (Å²) in [5.74, 6) is 2.55. The van der Waals surface area contributed by atoms with Gasteiger partial charge in [-0.15, -0.1) is 0 Å². The molecular weight excluding hydrogens is 336 g/mol. The molecule has 27 heavy (non-hydrogen) atoms. The van der Waals surface area contributed by atoms with Crippen molar-refractivity contribution in [3.8, 4) is 0 Å². The number of carbonyl (C=O) groups excluding carboxylic acids is 1. The predicted molar refractivity (Wildman–Crippen MR) is 108 cm³/mol. The first-order valence-electron chi connectivity index (χ1n) is 10.2. The quantitative estimate of drug-likeness (QED) is 0.882. The number of anilines is 1. The van der Waals surface area contributed by atoms with Gasteiger partial charge in [0.25, 0.3) is 0 Å². The van der Waals surface area contributed by atoms with E-state index in [1.165, 1.54) is 5.56 Å². The van der Waals surface area contributed by atoms with E-state index in [-0.39, 0.29) is 11.9 Å². The normalized spacial score (nSPS) is 25.1. The van der Waals surface area contributed by atoms with Crippen molar-refractivity contribution in [2.75, 3.05) is 18.0 Å². The molecule has 0 radical (unpaired) electrons. The minimum atomic E-state index is 0.222. The first kappa shape index (κ1) is 18.1. The zero-order valence-corrected chi connectivity index (χ0v) is 16.4. The molecule has 2 fully saturated rings. The lowest BCUT2D eigenvalue weighted by Gasteiger charge is -2.37. The summed E-state index contributed by atoms with van der Waals surface area (Å²) in [5, 5.41) is 7.74. The molecule has 5 heteroatoms. The second-order valence-corrected chi connectivity index (χ2v) is 8.27. The van der Waals surface area contributed by atoms with Crippen LogP contribution in [-0.2, 0) is 11.8 Å². The van der Waals surface area contributed by atoms with E-state index >= 15 is 0 Å². The minimum Gasteiger partial charge on any atom is -0.355 e. The molecule has 1 saturated heterocycles. The average Bonchev–Trinajstić information content (AvgIpc) is 2.97. The van der Waals surface area contributed by atoms with E-state index in [9.17, 15) is 4.79 Å². The Morgan fingerprint density at radius 2 is 2.04 bits per heavy atom. The van der Waals surface area contributed by atoms with Crippen molar-refractivity contribution in [2.45, 2.75) is 51.0 Å². The standard InChI is InChI=1S/C22H30N4O/c1-16-11-22(25(2)24-16)26-10-6-9-20(15-26)23-21(27)14-17-12-19(13-17)18-7-4-3-5-8-18/h3-5,7-8,11,17,19-20H,6,9-10,12-15H2,1-2H3,(H,23,27). The molecule has 2 aromatic rings. The number of carbonyl (C=O) groups is 1. The van der Waals surface area contributed by atoms with Gasteiger partial charge in [-0.1, -0.05) is 30.3 Å². The predicted octanol–water partition coefficient (Wildman–Crippen LogP) is 3.40. The Morgan fingerprint density at radius 1 is 1.26 bits per heavy atom. The van der Waals surface area contributed by atoms with Crippen LogP contribution in [0.2, 0.25) is 0 Å². The van der Waals surface area contributed by atoms with Crippen molar-refractivity contribution < 1.29 is 4.79 Å². The number of rotatable bonds is 5. The molecule has 0 bridgehead atoms. The highest BCUT2D eigenvalue weighted by Crippen LogP contribution is 2.43. The van der Waals surface area contributed by atoms with Crippen LogP contribution in [0.25, 0.3) is 0 Å². The molecule has 1 aromatic heterocycles. The zero-order valence-electron chi connectivity index (χ0n) is 16.4. The maximum absolute atomic E-state index is 12.5. The third-order valence-electron chi connectivity index (χ3n) is 6.07. The molecule has 1 saturated carbocycles. The Bertz CT molecular complexity index is 779. The Kier molecular flexibility index (Phi) is 5.19. The summed E-state index contributed by atoms with van der Waals surface area (Å²) in [5.41, 5.74) is 2.46. The van der Waals surface area contributed by atoms with E-state index in [0.717, 1.165) is 50.3 Å². The van der Waals surface area contributed by atoms with Crippen molar-refractivity contribution in [2.24, 2.45) is 13.0 Å². The van der Waals surface area contributed by atoms with Gasteiger partial charge in [-0.05, 0) is 50.0 Å². The van der Waals surface area contributed by atoms with E-state index in [2.05, 4.69) is 51.7 Å². The molecule has 4 rings (SSSR count).